The number of aliphatic hydroxyl groups excluding tert-OH is 1. The number of benzene rings is 6. The SMILES string of the molecule is O=C(NC(c1ccccc1)c1cccc(OCc2ccc(C(=O)OCCN(Cc3ccccc3)C(=O)c3ccc(CNC[C@H](O)c4ccc(O)c5[nH]c(=O)ccc45)cc3)cc2)c1)O[C@H]1CN2CCC1CC2. The number of H-pyrrole nitrogens is 1. The number of carbonyl (C=O) groups excluding carboxylic acids is 3. The summed E-state index contributed by atoms with van der Waals surface area (Å²) < 4.78 is 17.9. The third kappa shape index (κ3) is 12.3. The molecule has 0 saturated carbocycles. The molecule has 2 amide bonds. The Balaban J connectivity index is 0.766. The lowest BCUT2D eigenvalue weighted by molar-refractivity contribution is -0.0336. The summed E-state index contributed by atoms with van der Waals surface area (Å²) in [7, 11) is 0. The Labute approximate surface area is 411 Å². The molecule has 5 N–H and O–H groups in total. The lowest BCUT2D eigenvalue weighted by Crippen LogP contribution is -2.52. The first-order chi connectivity index (χ1) is 34.6. The number of aromatic hydroxyl groups is 1. The second-order valence-electron chi connectivity index (χ2n) is 18.1. The number of esters is 1. The summed E-state index contributed by atoms with van der Waals surface area (Å²) in [6.45, 7) is 4.21. The van der Waals surface area contributed by atoms with Gasteiger partial charge in [0, 0.05) is 43.2 Å². The minimum Gasteiger partial charge on any atom is -0.506 e. The number of aliphatic hydroxyl groups is 1. The molecule has 1 unspecified atom stereocenters. The van der Waals surface area contributed by atoms with Crippen molar-refractivity contribution < 1.29 is 38.8 Å². The van der Waals surface area contributed by atoms with E-state index in [9.17, 15) is 29.4 Å². The van der Waals surface area contributed by atoms with Crippen molar-refractivity contribution in [2.24, 2.45) is 5.92 Å². The summed E-state index contributed by atoms with van der Waals surface area (Å²) in [6.07, 6.45) is 0.647. The second-order valence-corrected chi connectivity index (χ2v) is 18.1. The largest absolute Gasteiger partial charge is 0.506 e. The molecule has 1 aromatic heterocycles. The van der Waals surface area contributed by atoms with Gasteiger partial charge >= 0.3 is 12.1 Å². The first-order valence-electron chi connectivity index (χ1n) is 24.0. The van der Waals surface area contributed by atoms with Gasteiger partial charge in [-0.1, -0.05) is 103 Å². The molecule has 6 aromatic carbocycles. The van der Waals surface area contributed by atoms with Gasteiger partial charge in [0.25, 0.3) is 5.91 Å². The molecule has 3 fully saturated rings. The molecule has 3 aliphatic heterocycles. The third-order valence-corrected chi connectivity index (χ3v) is 13.3. The Morgan fingerprint density at radius 2 is 1.46 bits per heavy atom. The number of ether oxygens (including phenoxy) is 3. The van der Waals surface area contributed by atoms with E-state index in [0.717, 1.165) is 60.3 Å². The monoisotopic (exact) mass is 955 g/mol. The first-order valence-corrected chi connectivity index (χ1v) is 24.0. The molecule has 3 aliphatic rings. The van der Waals surface area contributed by atoms with Gasteiger partial charge in [0.2, 0.25) is 5.56 Å². The van der Waals surface area contributed by atoms with Gasteiger partial charge in [-0.15, -0.1) is 0 Å². The van der Waals surface area contributed by atoms with Gasteiger partial charge in [-0.25, -0.2) is 9.59 Å². The molecule has 0 radical (unpaired) electrons. The maximum Gasteiger partial charge on any atom is 0.408 e. The summed E-state index contributed by atoms with van der Waals surface area (Å²) in [6, 6.07) is 46.8. The van der Waals surface area contributed by atoms with E-state index >= 15 is 0 Å². The average Bonchev–Trinajstić information content (AvgIpc) is 3.40. The third-order valence-electron chi connectivity index (χ3n) is 13.3. The number of aromatic nitrogens is 1. The van der Waals surface area contributed by atoms with Gasteiger partial charge in [0.15, 0.2) is 0 Å². The number of aromatic amines is 1. The van der Waals surface area contributed by atoms with E-state index < -0.39 is 24.2 Å². The topological polar surface area (TPSA) is 183 Å². The van der Waals surface area contributed by atoms with E-state index in [-0.39, 0.29) is 55.1 Å². The van der Waals surface area contributed by atoms with Gasteiger partial charge < -0.3 is 44.9 Å². The first kappa shape index (κ1) is 48.3. The molecule has 14 nitrogen and oxygen atoms in total. The molecule has 364 valence electrons. The highest BCUT2D eigenvalue weighted by atomic mass is 16.6. The Hall–Kier alpha value is -7.78. The molecule has 3 atom stereocenters. The van der Waals surface area contributed by atoms with E-state index in [2.05, 4.69) is 20.5 Å². The Kier molecular flexibility index (Phi) is 15.5. The second kappa shape index (κ2) is 22.8. The number of nitrogens with one attached hydrogen (secondary N) is 3. The number of amides is 2. The van der Waals surface area contributed by atoms with Crippen LogP contribution in [0.4, 0.5) is 4.79 Å². The fraction of sp³-hybridized carbons (Fsp3) is 0.263. The number of hydrogen-bond donors (Lipinski definition) is 5. The van der Waals surface area contributed by atoms with Gasteiger partial charge in [-0.05, 0) is 114 Å². The molecular weight excluding hydrogens is 899 g/mol. The number of phenols is 1. The number of phenolic OH excluding ortho intramolecular Hbond substituents is 1. The van der Waals surface area contributed by atoms with Crippen LogP contribution in [0, 0.1) is 5.92 Å². The fourth-order valence-corrected chi connectivity index (χ4v) is 9.37. The zero-order valence-corrected chi connectivity index (χ0v) is 39.2. The summed E-state index contributed by atoms with van der Waals surface area (Å²) in [5, 5.41) is 28.1. The lowest BCUT2D eigenvalue weighted by Gasteiger charge is -2.43. The van der Waals surface area contributed by atoms with Crippen LogP contribution in [0.5, 0.6) is 11.5 Å². The number of pyridine rings is 1. The molecule has 3 saturated heterocycles. The van der Waals surface area contributed by atoms with Crippen molar-refractivity contribution >= 4 is 28.9 Å². The van der Waals surface area contributed by atoms with Gasteiger partial charge in [0.05, 0.1) is 29.8 Å². The standard InChI is InChI=1S/C57H57N5O9/c63-49-24-22-47(48-23-25-52(65)59-54(48)49)50(64)34-58-33-38-14-18-43(19-15-38)55(66)62(35-39-8-3-1-4-9-39)30-31-69-56(67)44-20-16-40(17-21-44)37-70-46-13-7-12-45(32-46)53(42-10-5-2-6-11-42)60-57(68)71-51-36-61-28-26-41(51)27-29-61/h1-25,32,41,50-51,53,58,63-64H,26-31,33-37H2,(H,59,65)(H,60,68)/t50-,51-,53?/m0/s1. The van der Waals surface area contributed by atoms with E-state index in [1.807, 2.05) is 109 Å². The van der Waals surface area contributed by atoms with Crippen LogP contribution in [0.1, 0.15) is 79.1 Å². The smallest absolute Gasteiger partial charge is 0.408 e. The van der Waals surface area contributed by atoms with E-state index in [0.29, 0.717) is 46.8 Å². The fourth-order valence-electron chi connectivity index (χ4n) is 9.37. The average molecular weight is 956 g/mol. The minimum absolute atomic E-state index is 0.0222. The van der Waals surface area contributed by atoms with Crippen molar-refractivity contribution in [3.05, 3.63) is 213 Å². The maximum atomic E-state index is 13.9. The van der Waals surface area contributed by atoms with Crippen molar-refractivity contribution in [3.8, 4) is 11.5 Å². The number of hydrogen-bond acceptors (Lipinski definition) is 11. The Morgan fingerprint density at radius 3 is 2.20 bits per heavy atom. The number of rotatable bonds is 19. The minimum atomic E-state index is -0.913. The van der Waals surface area contributed by atoms with Crippen molar-refractivity contribution in [1.82, 2.24) is 25.4 Å². The Bertz CT molecular complexity index is 2980. The van der Waals surface area contributed by atoms with Gasteiger partial charge in [0.1, 0.15) is 30.8 Å². The van der Waals surface area contributed by atoms with Crippen LogP contribution in [0.25, 0.3) is 10.9 Å². The summed E-state index contributed by atoms with van der Waals surface area (Å²) in [5.41, 5.74) is 5.74. The Morgan fingerprint density at radius 1 is 0.761 bits per heavy atom. The molecule has 4 heterocycles. The van der Waals surface area contributed by atoms with Crippen LogP contribution >= 0.6 is 0 Å². The van der Waals surface area contributed by atoms with Gasteiger partial charge in [-0.2, -0.15) is 0 Å². The van der Waals surface area contributed by atoms with Crippen LogP contribution < -0.4 is 20.9 Å². The number of fused-ring (bicyclic) bond motifs is 4. The quantitative estimate of drug-likeness (QED) is 0.0495. The molecule has 7 aromatic rings. The van der Waals surface area contributed by atoms with E-state index in [4.69, 9.17) is 14.2 Å². The summed E-state index contributed by atoms with van der Waals surface area (Å²) in [5.74, 6) is 0.211. The number of alkyl carbamates (subject to hydrolysis) is 1. The zero-order valence-electron chi connectivity index (χ0n) is 39.2. The molecule has 10 rings (SSSR count). The highest BCUT2D eigenvalue weighted by Crippen LogP contribution is 2.32. The summed E-state index contributed by atoms with van der Waals surface area (Å²) in [4.78, 5) is 58.9. The highest BCUT2D eigenvalue weighted by Gasteiger charge is 2.37. The number of nitrogens with zero attached hydrogens (tertiary/aromatic N) is 2. The molecular formula is C57H57N5O9. The van der Waals surface area contributed by atoms with Crippen molar-refractivity contribution in [2.75, 3.05) is 39.3 Å². The van der Waals surface area contributed by atoms with Gasteiger partial charge in [-0.3, -0.25) is 14.5 Å². The normalized spacial score (nSPS) is 16.9. The van der Waals surface area contributed by atoms with Crippen LogP contribution in [-0.4, -0.2) is 88.4 Å². The van der Waals surface area contributed by atoms with Crippen molar-refractivity contribution in [3.63, 3.8) is 0 Å². The van der Waals surface area contributed by atoms with E-state index in [1.165, 1.54) is 12.1 Å². The van der Waals surface area contributed by atoms with Crippen molar-refractivity contribution in [1.29, 1.82) is 0 Å². The molecule has 14 heteroatoms. The zero-order chi connectivity index (χ0) is 49.1. The van der Waals surface area contributed by atoms with E-state index in [1.54, 1.807) is 41.3 Å². The molecule has 2 bridgehead atoms. The lowest BCUT2D eigenvalue weighted by atomic mass is 9.86. The van der Waals surface area contributed by atoms with Crippen LogP contribution in [0.3, 0.4) is 0 Å². The maximum absolute atomic E-state index is 13.9. The summed E-state index contributed by atoms with van der Waals surface area (Å²) >= 11 is 0. The van der Waals surface area contributed by atoms with Crippen molar-refractivity contribution in [2.45, 2.75) is 50.8 Å². The van der Waals surface area contributed by atoms with Crippen LogP contribution in [0.15, 0.2) is 163 Å². The molecule has 0 spiro atoms. The number of piperidine rings is 3. The predicted molar refractivity (Wildman–Crippen MR) is 269 cm³/mol. The number of carbonyl (C=O) groups is 3. The van der Waals surface area contributed by atoms with Crippen LogP contribution in [-0.2, 0) is 29.2 Å². The van der Waals surface area contributed by atoms with Crippen LogP contribution in [0.2, 0.25) is 0 Å². The molecule has 0 aliphatic carbocycles. The predicted octanol–water partition coefficient (Wildman–Crippen LogP) is 8.05. The highest BCUT2D eigenvalue weighted by molar-refractivity contribution is 5.94. The molecule has 71 heavy (non-hydrogen) atoms.